The summed E-state index contributed by atoms with van der Waals surface area (Å²) in [6.45, 7) is 2.97. The van der Waals surface area contributed by atoms with Gasteiger partial charge in [-0.2, -0.15) is 13.2 Å². The quantitative estimate of drug-likeness (QED) is 0.433. The number of ether oxygens (including phenoxy) is 2. The van der Waals surface area contributed by atoms with Crippen molar-refractivity contribution in [1.29, 1.82) is 0 Å². The zero-order chi connectivity index (χ0) is 22.9. The molecule has 1 atom stereocenters. The molecular weight excluding hydrogens is 431 g/mol. The minimum Gasteiger partial charge on any atom is -0.480 e. The van der Waals surface area contributed by atoms with Crippen LogP contribution in [0.15, 0.2) is 18.2 Å². The average Bonchev–Trinajstić information content (AvgIpc) is 2.64. The lowest BCUT2D eigenvalue weighted by Crippen LogP contribution is -2.41. The van der Waals surface area contributed by atoms with E-state index in [4.69, 9.17) is 14.6 Å². The van der Waals surface area contributed by atoms with Crippen molar-refractivity contribution in [2.24, 2.45) is 0 Å². The molecule has 0 radical (unpaired) electrons. The molecule has 0 saturated carbocycles. The van der Waals surface area contributed by atoms with E-state index in [2.05, 4.69) is 5.32 Å². The summed E-state index contributed by atoms with van der Waals surface area (Å²) in [7, 11) is 0. The molecule has 0 spiro atoms. The van der Waals surface area contributed by atoms with Crippen LogP contribution >= 0.6 is 11.8 Å². The zero-order valence-corrected chi connectivity index (χ0v) is 16.9. The molecule has 8 nitrogen and oxygen atoms in total. The van der Waals surface area contributed by atoms with Gasteiger partial charge in [0.1, 0.15) is 17.4 Å². The molecule has 30 heavy (non-hydrogen) atoms. The summed E-state index contributed by atoms with van der Waals surface area (Å²) in [4.78, 5) is 46.2. The average molecular weight is 451 g/mol. The highest BCUT2D eigenvalue weighted by atomic mass is 32.2. The minimum atomic E-state index is -4.75. The van der Waals surface area contributed by atoms with Crippen molar-refractivity contribution in [3.63, 3.8) is 0 Å². The second-order valence-electron chi connectivity index (χ2n) is 5.95. The molecule has 12 heteroatoms. The van der Waals surface area contributed by atoms with Crippen LogP contribution in [0.5, 0.6) is 5.75 Å². The monoisotopic (exact) mass is 451 g/mol. The molecule has 0 saturated heterocycles. The van der Waals surface area contributed by atoms with E-state index in [1.807, 2.05) is 6.92 Å². The van der Waals surface area contributed by atoms with Crippen LogP contribution in [-0.2, 0) is 20.5 Å². The molecule has 1 aromatic rings. The van der Waals surface area contributed by atoms with Crippen molar-refractivity contribution in [3.8, 4) is 5.75 Å². The maximum atomic E-state index is 13.0. The molecule has 0 heterocycles. The summed E-state index contributed by atoms with van der Waals surface area (Å²) < 4.78 is 48.8. The van der Waals surface area contributed by atoms with Crippen LogP contribution in [0.2, 0.25) is 0 Å². The molecule has 0 fully saturated rings. The fourth-order valence-corrected chi connectivity index (χ4v) is 2.71. The molecule has 0 aliphatic carbocycles. The highest BCUT2D eigenvalue weighted by molar-refractivity contribution is 8.13. The van der Waals surface area contributed by atoms with Crippen LogP contribution in [0.4, 0.5) is 18.0 Å². The topological polar surface area (TPSA) is 119 Å². The summed E-state index contributed by atoms with van der Waals surface area (Å²) in [5, 5.41) is 9.94. The molecule has 0 bridgehead atoms. The Bertz CT molecular complexity index is 798. The molecular formula is C18H20F3NO7S. The first-order valence-corrected chi connectivity index (χ1v) is 9.67. The van der Waals surface area contributed by atoms with E-state index in [1.165, 1.54) is 0 Å². The predicted molar refractivity (Wildman–Crippen MR) is 100 cm³/mol. The second kappa shape index (κ2) is 11.4. The van der Waals surface area contributed by atoms with Crippen LogP contribution in [0.25, 0.3) is 0 Å². The van der Waals surface area contributed by atoms with Crippen molar-refractivity contribution < 1.29 is 46.9 Å². The molecule has 1 rings (SSSR count). The Morgan fingerprint density at radius 1 is 1.23 bits per heavy atom. The Balaban J connectivity index is 2.99. The molecule has 2 N–H and O–H groups in total. The van der Waals surface area contributed by atoms with Gasteiger partial charge in [-0.3, -0.25) is 4.79 Å². The number of unbranched alkanes of at least 4 members (excludes halogenated alkanes) is 1. The van der Waals surface area contributed by atoms with Crippen LogP contribution in [0, 0.1) is 0 Å². The Morgan fingerprint density at radius 2 is 1.90 bits per heavy atom. The van der Waals surface area contributed by atoms with E-state index >= 15 is 0 Å². The van der Waals surface area contributed by atoms with Gasteiger partial charge in [-0.15, -0.1) is 0 Å². The van der Waals surface area contributed by atoms with Gasteiger partial charge >= 0.3 is 23.4 Å². The Hall–Kier alpha value is -2.76. The van der Waals surface area contributed by atoms with Crippen molar-refractivity contribution >= 4 is 34.9 Å². The van der Waals surface area contributed by atoms with E-state index in [-0.39, 0.29) is 12.2 Å². The number of carbonyl (C=O) groups excluding carboxylic acids is 3. The first-order chi connectivity index (χ1) is 14.0. The number of amides is 1. The number of nitrogens with one attached hydrogen (secondary N) is 1. The molecule has 1 aromatic carbocycles. The van der Waals surface area contributed by atoms with Crippen LogP contribution in [0.3, 0.4) is 0 Å². The maximum absolute atomic E-state index is 13.0. The Labute approximate surface area is 174 Å². The predicted octanol–water partition coefficient (Wildman–Crippen LogP) is 3.48. The summed E-state index contributed by atoms with van der Waals surface area (Å²) in [5.41, 5.74) is -1.54. The molecule has 0 aliphatic rings. The van der Waals surface area contributed by atoms with Gasteiger partial charge in [0.25, 0.3) is 0 Å². The van der Waals surface area contributed by atoms with Crippen LogP contribution in [0.1, 0.15) is 42.6 Å². The van der Waals surface area contributed by atoms with Gasteiger partial charge in [0, 0.05) is 12.7 Å². The van der Waals surface area contributed by atoms with E-state index in [1.54, 1.807) is 0 Å². The Kier molecular flexibility index (Phi) is 9.63. The standard InChI is InChI=1S/C18H20F3NO7S/c1-3-4-7-28-16(26)12-6-5-11(18(19,20)21)8-14(12)29-17(27)30-9-13(15(24)25)22-10(2)23/h5-6,8,13H,3-4,7,9H2,1-2H3,(H,22,23)(H,24,25)/t13-/m0/s1. The Morgan fingerprint density at radius 3 is 2.43 bits per heavy atom. The van der Waals surface area contributed by atoms with E-state index in [0.29, 0.717) is 30.3 Å². The van der Waals surface area contributed by atoms with Crippen molar-refractivity contribution in [1.82, 2.24) is 5.32 Å². The highest BCUT2D eigenvalue weighted by Crippen LogP contribution is 2.34. The normalized spacial score (nSPS) is 12.0. The number of esters is 1. The molecule has 0 aromatic heterocycles. The number of benzene rings is 1. The fraction of sp³-hybridized carbons (Fsp3) is 0.444. The van der Waals surface area contributed by atoms with Gasteiger partial charge in [-0.1, -0.05) is 13.3 Å². The number of rotatable bonds is 9. The summed E-state index contributed by atoms with van der Waals surface area (Å²) >= 11 is 0.315. The number of aliphatic carboxylic acids is 1. The number of hydrogen-bond donors (Lipinski definition) is 2. The third kappa shape index (κ3) is 8.31. The summed E-state index contributed by atoms with van der Waals surface area (Å²) in [5.74, 6) is -4.14. The van der Waals surface area contributed by atoms with Crippen molar-refractivity contribution in [2.45, 2.75) is 38.9 Å². The van der Waals surface area contributed by atoms with E-state index in [9.17, 15) is 32.3 Å². The molecule has 1 amide bonds. The highest BCUT2D eigenvalue weighted by Gasteiger charge is 2.32. The SMILES string of the molecule is CCCCOC(=O)c1ccc(C(F)(F)F)cc1OC(=O)SC[C@H](NC(C)=O)C(=O)O. The van der Waals surface area contributed by atoms with Crippen molar-refractivity contribution in [2.75, 3.05) is 12.4 Å². The first-order valence-electron chi connectivity index (χ1n) is 8.68. The first kappa shape index (κ1) is 25.3. The van der Waals surface area contributed by atoms with Gasteiger partial charge in [0.05, 0.1) is 12.2 Å². The zero-order valence-electron chi connectivity index (χ0n) is 16.1. The number of carboxylic acid groups (broad SMARTS) is 1. The maximum Gasteiger partial charge on any atom is 0.416 e. The van der Waals surface area contributed by atoms with Crippen LogP contribution < -0.4 is 10.1 Å². The number of halogens is 3. The third-order valence-corrected chi connectivity index (χ3v) is 4.32. The summed E-state index contributed by atoms with van der Waals surface area (Å²) in [6.07, 6.45) is -3.49. The van der Waals surface area contributed by atoms with E-state index < -0.39 is 52.4 Å². The van der Waals surface area contributed by atoms with Crippen molar-refractivity contribution in [3.05, 3.63) is 29.3 Å². The number of carbonyl (C=O) groups is 4. The van der Waals surface area contributed by atoms with Crippen LogP contribution in [-0.4, -0.2) is 46.7 Å². The minimum absolute atomic E-state index is 0.0372. The van der Waals surface area contributed by atoms with Gasteiger partial charge < -0.3 is 19.9 Å². The summed E-state index contributed by atoms with van der Waals surface area (Å²) in [6, 6.07) is 0.553. The van der Waals surface area contributed by atoms with Gasteiger partial charge in [-0.25, -0.2) is 14.4 Å². The molecule has 166 valence electrons. The molecule has 0 aliphatic heterocycles. The fourth-order valence-electron chi connectivity index (χ4n) is 2.03. The number of carboxylic acids is 1. The van der Waals surface area contributed by atoms with Gasteiger partial charge in [0.15, 0.2) is 0 Å². The lowest BCUT2D eigenvalue weighted by molar-refractivity contribution is -0.140. The van der Waals surface area contributed by atoms with Gasteiger partial charge in [-0.05, 0) is 36.4 Å². The smallest absolute Gasteiger partial charge is 0.416 e. The lowest BCUT2D eigenvalue weighted by atomic mass is 10.1. The van der Waals surface area contributed by atoms with Gasteiger partial charge in [0.2, 0.25) is 5.91 Å². The second-order valence-corrected chi connectivity index (χ2v) is 6.91. The number of hydrogen-bond acceptors (Lipinski definition) is 7. The number of thioether (sulfide) groups is 1. The van der Waals surface area contributed by atoms with E-state index in [0.717, 1.165) is 19.4 Å². The molecule has 0 unspecified atom stereocenters. The third-order valence-electron chi connectivity index (χ3n) is 3.50. The number of alkyl halides is 3. The lowest BCUT2D eigenvalue weighted by Gasteiger charge is -2.14. The largest absolute Gasteiger partial charge is 0.480 e.